The molecule has 2 aliphatic heterocycles. The summed E-state index contributed by atoms with van der Waals surface area (Å²) in [6.07, 6.45) is 13.1. The van der Waals surface area contributed by atoms with Gasteiger partial charge in [0.1, 0.15) is 17.5 Å². The molecule has 0 aromatic carbocycles. The molecule has 2 saturated heterocycles. The standard InChI is InChI=1S/C21H31N7/c22-21-24-18(26-9-1-2-10-26)13-19(25-21)27-11-4-7-17(15-27)20-23-8-12-28(20)14-16-5-3-6-16/h8,12-13,16-17H,1-7,9-11,14-15H2,(H2,22,24,25). The van der Waals surface area contributed by atoms with Crippen molar-refractivity contribution in [1.29, 1.82) is 0 Å². The maximum atomic E-state index is 6.07. The van der Waals surface area contributed by atoms with E-state index in [9.17, 15) is 0 Å². The van der Waals surface area contributed by atoms with Gasteiger partial charge >= 0.3 is 0 Å². The van der Waals surface area contributed by atoms with Gasteiger partial charge in [-0.3, -0.25) is 0 Å². The second-order valence-corrected chi connectivity index (χ2v) is 8.66. The van der Waals surface area contributed by atoms with Crippen LogP contribution in [-0.4, -0.2) is 45.7 Å². The van der Waals surface area contributed by atoms with Crippen LogP contribution < -0.4 is 15.5 Å². The van der Waals surface area contributed by atoms with Gasteiger partial charge in [0, 0.05) is 57.1 Å². The first kappa shape index (κ1) is 17.8. The molecule has 1 aliphatic carbocycles. The van der Waals surface area contributed by atoms with Crippen molar-refractivity contribution < 1.29 is 0 Å². The Morgan fingerprint density at radius 3 is 2.43 bits per heavy atom. The summed E-state index contributed by atoms with van der Waals surface area (Å²) in [4.78, 5) is 18.5. The third-order valence-electron chi connectivity index (χ3n) is 6.68. The van der Waals surface area contributed by atoms with Crippen molar-refractivity contribution in [2.75, 3.05) is 41.7 Å². The molecule has 0 bridgehead atoms. The van der Waals surface area contributed by atoms with Crippen molar-refractivity contribution in [1.82, 2.24) is 19.5 Å². The van der Waals surface area contributed by atoms with Crippen molar-refractivity contribution in [3.05, 3.63) is 24.3 Å². The summed E-state index contributed by atoms with van der Waals surface area (Å²) in [6, 6.07) is 2.13. The number of anilines is 3. The lowest BCUT2D eigenvalue weighted by molar-refractivity contribution is 0.270. The molecule has 7 nitrogen and oxygen atoms in total. The van der Waals surface area contributed by atoms with Crippen LogP contribution in [0.5, 0.6) is 0 Å². The highest BCUT2D eigenvalue weighted by molar-refractivity contribution is 5.54. The molecule has 2 aromatic rings. The summed E-state index contributed by atoms with van der Waals surface area (Å²) >= 11 is 0. The topological polar surface area (TPSA) is 76.1 Å². The Bertz CT molecular complexity index is 807. The van der Waals surface area contributed by atoms with E-state index in [0.717, 1.165) is 56.7 Å². The Morgan fingerprint density at radius 2 is 1.68 bits per heavy atom. The first-order chi connectivity index (χ1) is 13.8. The van der Waals surface area contributed by atoms with E-state index in [2.05, 4.69) is 36.6 Å². The molecule has 150 valence electrons. The number of nitrogens with zero attached hydrogens (tertiary/aromatic N) is 6. The highest BCUT2D eigenvalue weighted by atomic mass is 15.3. The average molecular weight is 382 g/mol. The second-order valence-electron chi connectivity index (χ2n) is 8.66. The fourth-order valence-corrected chi connectivity index (χ4v) is 4.89. The molecule has 28 heavy (non-hydrogen) atoms. The summed E-state index contributed by atoms with van der Waals surface area (Å²) in [5, 5.41) is 0. The van der Waals surface area contributed by atoms with E-state index in [-0.39, 0.29) is 0 Å². The predicted octanol–water partition coefficient (Wildman–Crippen LogP) is 3.04. The smallest absolute Gasteiger partial charge is 0.223 e. The number of piperidine rings is 1. The Labute approximate surface area is 167 Å². The highest BCUT2D eigenvalue weighted by Gasteiger charge is 2.28. The molecule has 3 aliphatic rings. The Balaban J connectivity index is 1.34. The van der Waals surface area contributed by atoms with Crippen molar-refractivity contribution in [3.63, 3.8) is 0 Å². The van der Waals surface area contributed by atoms with Crippen molar-refractivity contribution in [2.24, 2.45) is 5.92 Å². The van der Waals surface area contributed by atoms with E-state index in [1.807, 2.05) is 6.20 Å². The van der Waals surface area contributed by atoms with Gasteiger partial charge in [-0.05, 0) is 44.4 Å². The quantitative estimate of drug-likeness (QED) is 0.858. The number of hydrogen-bond acceptors (Lipinski definition) is 6. The summed E-state index contributed by atoms with van der Waals surface area (Å²) < 4.78 is 2.40. The summed E-state index contributed by atoms with van der Waals surface area (Å²) in [5.41, 5.74) is 6.07. The fraction of sp³-hybridized carbons (Fsp3) is 0.667. The van der Waals surface area contributed by atoms with Crippen LogP contribution in [0.1, 0.15) is 56.7 Å². The van der Waals surface area contributed by atoms with E-state index in [4.69, 9.17) is 10.7 Å². The SMILES string of the molecule is Nc1nc(N2CCCC2)cc(N2CCCC(c3nccn3CC3CCC3)C2)n1. The normalized spacial score (nSPS) is 23.2. The molecule has 1 atom stereocenters. The van der Waals surface area contributed by atoms with Gasteiger partial charge in [-0.25, -0.2) is 4.98 Å². The zero-order valence-corrected chi connectivity index (χ0v) is 16.6. The van der Waals surface area contributed by atoms with Gasteiger partial charge in [0.2, 0.25) is 5.95 Å². The number of nitrogen functional groups attached to an aromatic ring is 1. The third kappa shape index (κ3) is 3.54. The van der Waals surface area contributed by atoms with E-state index >= 15 is 0 Å². The van der Waals surface area contributed by atoms with Crippen LogP contribution in [0.25, 0.3) is 0 Å². The predicted molar refractivity (Wildman–Crippen MR) is 112 cm³/mol. The summed E-state index contributed by atoms with van der Waals surface area (Å²) in [6.45, 7) is 5.24. The van der Waals surface area contributed by atoms with Crippen molar-refractivity contribution in [2.45, 2.75) is 57.4 Å². The molecule has 2 aromatic heterocycles. The minimum Gasteiger partial charge on any atom is -0.368 e. The monoisotopic (exact) mass is 381 g/mol. The lowest BCUT2D eigenvalue weighted by Crippen LogP contribution is -2.36. The summed E-state index contributed by atoms with van der Waals surface area (Å²) in [5.74, 6) is 4.88. The van der Waals surface area contributed by atoms with Crippen LogP contribution in [0.3, 0.4) is 0 Å². The lowest BCUT2D eigenvalue weighted by atomic mass is 9.85. The molecular weight excluding hydrogens is 350 g/mol. The van der Waals surface area contributed by atoms with Gasteiger partial charge in [-0.2, -0.15) is 9.97 Å². The van der Waals surface area contributed by atoms with Crippen LogP contribution in [0, 0.1) is 5.92 Å². The van der Waals surface area contributed by atoms with E-state index < -0.39 is 0 Å². The first-order valence-electron chi connectivity index (χ1n) is 10.9. The average Bonchev–Trinajstić information content (AvgIpc) is 3.36. The van der Waals surface area contributed by atoms with Gasteiger partial charge in [-0.15, -0.1) is 0 Å². The molecule has 3 fully saturated rings. The molecule has 7 heteroatoms. The van der Waals surface area contributed by atoms with Crippen molar-refractivity contribution in [3.8, 4) is 0 Å². The van der Waals surface area contributed by atoms with E-state index in [1.165, 1.54) is 44.3 Å². The Morgan fingerprint density at radius 1 is 0.929 bits per heavy atom. The van der Waals surface area contributed by atoms with Crippen LogP contribution in [-0.2, 0) is 6.54 Å². The Hall–Kier alpha value is -2.31. The molecule has 5 rings (SSSR count). The molecular formula is C21H31N7. The molecule has 1 unspecified atom stereocenters. The maximum absolute atomic E-state index is 6.07. The van der Waals surface area contributed by atoms with Crippen molar-refractivity contribution >= 4 is 17.6 Å². The van der Waals surface area contributed by atoms with Gasteiger partial charge in [0.25, 0.3) is 0 Å². The number of nitrogens with two attached hydrogens (primary N) is 1. The zero-order valence-electron chi connectivity index (χ0n) is 16.6. The Kier molecular flexibility index (Phi) is 4.82. The number of rotatable bonds is 5. The molecule has 1 saturated carbocycles. The largest absolute Gasteiger partial charge is 0.368 e. The third-order valence-corrected chi connectivity index (χ3v) is 6.68. The molecule has 4 heterocycles. The minimum absolute atomic E-state index is 0.382. The molecule has 0 spiro atoms. The lowest BCUT2D eigenvalue weighted by Gasteiger charge is -2.34. The number of imidazole rings is 1. The molecule has 0 amide bonds. The second kappa shape index (κ2) is 7.60. The maximum Gasteiger partial charge on any atom is 0.223 e. The van der Waals surface area contributed by atoms with E-state index in [0.29, 0.717) is 11.9 Å². The highest BCUT2D eigenvalue weighted by Crippen LogP contribution is 2.33. The van der Waals surface area contributed by atoms with Crippen LogP contribution >= 0.6 is 0 Å². The van der Waals surface area contributed by atoms with Crippen LogP contribution in [0.4, 0.5) is 17.6 Å². The van der Waals surface area contributed by atoms with Gasteiger partial charge in [0.15, 0.2) is 0 Å². The van der Waals surface area contributed by atoms with Gasteiger partial charge in [-0.1, -0.05) is 6.42 Å². The molecule has 2 N–H and O–H groups in total. The van der Waals surface area contributed by atoms with Crippen LogP contribution in [0.2, 0.25) is 0 Å². The van der Waals surface area contributed by atoms with Gasteiger partial charge in [0.05, 0.1) is 0 Å². The van der Waals surface area contributed by atoms with Gasteiger partial charge < -0.3 is 20.1 Å². The molecule has 0 radical (unpaired) electrons. The number of aromatic nitrogens is 4. The minimum atomic E-state index is 0.382. The zero-order chi connectivity index (χ0) is 18.9. The first-order valence-corrected chi connectivity index (χ1v) is 10.9. The van der Waals surface area contributed by atoms with E-state index in [1.54, 1.807) is 0 Å². The number of hydrogen-bond donors (Lipinski definition) is 1. The summed E-state index contributed by atoms with van der Waals surface area (Å²) in [7, 11) is 0. The fourth-order valence-electron chi connectivity index (χ4n) is 4.89. The van der Waals surface area contributed by atoms with Crippen LogP contribution in [0.15, 0.2) is 18.5 Å².